The van der Waals surface area contributed by atoms with E-state index >= 15 is 0 Å². The quantitative estimate of drug-likeness (QED) is 0.526. The molecule has 0 bridgehead atoms. The highest BCUT2D eigenvalue weighted by Crippen LogP contribution is 2.31. The molecule has 7 nitrogen and oxygen atoms in total. The van der Waals surface area contributed by atoms with Gasteiger partial charge in [-0.1, -0.05) is 13.3 Å². The fraction of sp³-hybridized carbons (Fsp3) is 0.522. The molecule has 1 aromatic carbocycles. The number of carbonyl (C=O) groups excluding carboxylic acids is 1. The van der Waals surface area contributed by atoms with Crippen LogP contribution in [0.15, 0.2) is 29.4 Å². The minimum atomic E-state index is -1.28. The summed E-state index contributed by atoms with van der Waals surface area (Å²) in [6, 6.07) is 4.19. The van der Waals surface area contributed by atoms with Gasteiger partial charge in [-0.15, -0.1) is 0 Å². The lowest BCUT2D eigenvalue weighted by molar-refractivity contribution is -0.120. The Hall–Kier alpha value is -2.39. The molecule has 0 radical (unpaired) electrons. The first-order chi connectivity index (χ1) is 15.4. The number of rotatable bonds is 10. The van der Waals surface area contributed by atoms with E-state index in [1.807, 2.05) is 0 Å². The molecule has 0 amide bonds. The van der Waals surface area contributed by atoms with E-state index in [9.17, 15) is 13.4 Å². The molecule has 1 aliphatic heterocycles. The molecule has 174 valence electrons. The number of nitrogens with zero attached hydrogens (tertiary/aromatic N) is 3. The van der Waals surface area contributed by atoms with Crippen molar-refractivity contribution in [1.29, 1.82) is 0 Å². The molecule has 0 spiro atoms. The number of piperidine rings is 1. The van der Waals surface area contributed by atoms with Gasteiger partial charge in [0.2, 0.25) is 11.8 Å². The summed E-state index contributed by atoms with van der Waals surface area (Å²) in [7, 11) is -1.28. The Morgan fingerprint density at radius 1 is 1.25 bits per heavy atom. The van der Waals surface area contributed by atoms with Gasteiger partial charge in [-0.05, 0) is 44.4 Å². The van der Waals surface area contributed by atoms with Crippen LogP contribution in [0.1, 0.15) is 44.6 Å². The van der Waals surface area contributed by atoms with Crippen LogP contribution in [0.5, 0.6) is 17.5 Å². The number of halogens is 1. The fourth-order valence-electron chi connectivity index (χ4n) is 3.53. The minimum absolute atomic E-state index is 0.00648. The second kappa shape index (κ2) is 11.5. The smallest absolute Gasteiger partial charge is 0.229 e. The van der Waals surface area contributed by atoms with Gasteiger partial charge in [0.15, 0.2) is 11.6 Å². The number of Topliss-reactive ketones (excluding diaryl/α,β-unsaturated/α-hetero) is 1. The first-order valence-electron chi connectivity index (χ1n) is 10.9. The van der Waals surface area contributed by atoms with Crippen LogP contribution in [0, 0.1) is 12.7 Å². The number of carbonyl (C=O) groups is 1. The second-order valence-electron chi connectivity index (χ2n) is 7.99. The van der Waals surface area contributed by atoms with Crippen LogP contribution in [0.3, 0.4) is 0 Å². The van der Waals surface area contributed by atoms with Crippen molar-refractivity contribution in [3.8, 4) is 17.5 Å². The van der Waals surface area contributed by atoms with Crippen molar-refractivity contribution < 1.29 is 22.9 Å². The van der Waals surface area contributed by atoms with Crippen LogP contribution in [0.4, 0.5) is 4.39 Å². The molecule has 1 aliphatic rings. The molecule has 0 aliphatic carbocycles. The largest absolute Gasteiger partial charge is 0.474 e. The molecule has 2 aromatic rings. The SMILES string of the molecule is CCCCC(=O)CN1CCC(Oc2ncnc(Oc3ccc(S(C)=O)cc3F)c2C)CC1. The van der Waals surface area contributed by atoms with Crippen LogP contribution in [-0.4, -0.2) is 56.9 Å². The molecule has 32 heavy (non-hydrogen) atoms. The molecule has 1 saturated heterocycles. The molecule has 3 rings (SSSR count). The number of benzene rings is 1. The van der Waals surface area contributed by atoms with E-state index in [0.29, 0.717) is 35.1 Å². The lowest BCUT2D eigenvalue weighted by Gasteiger charge is -2.31. The molecule has 0 N–H and O–H groups in total. The fourth-order valence-corrected chi connectivity index (χ4v) is 4.06. The average molecular weight is 464 g/mol. The summed E-state index contributed by atoms with van der Waals surface area (Å²) < 4.78 is 37.6. The second-order valence-corrected chi connectivity index (χ2v) is 9.37. The third-order valence-corrected chi connectivity index (χ3v) is 6.37. The number of likely N-dealkylation sites (tertiary alicyclic amines) is 1. The molecular formula is C23H30FN3O4S. The maximum Gasteiger partial charge on any atom is 0.229 e. The Balaban J connectivity index is 1.58. The van der Waals surface area contributed by atoms with Crippen molar-refractivity contribution >= 4 is 16.6 Å². The highest BCUT2D eigenvalue weighted by atomic mass is 32.2. The lowest BCUT2D eigenvalue weighted by Crippen LogP contribution is -2.41. The van der Waals surface area contributed by atoms with Crippen molar-refractivity contribution in [2.24, 2.45) is 0 Å². The van der Waals surface area contributed by atoms with Crippen molar-refractivity contribution in [2.75, 3.05) is 25.9 Å². The summed E-state index contributed by atoms with van der Waals surface area (Å²) in [6.45, 7) is 5.95. The Bertz CT molecular complexity index is 964. The van der Waals surface area contributed by atoms with E-state index in [4.69, 9.17) is 9.47 Å². The zero-order valence-electron chi connectivity index (χ0n) is 18.8. The Kier molecular flexibility index (Phi) is 8.69. The number of ether oxygens (including phenoxy) is 2. The van der Waals surface area contributed by atoms with E-state index in [1.54, 1.807) is 13.0 Å². The standard InChI is InChI=1S/C23H30FN3O4S/c1-4-5-6-17(28)14-27-11-9-18(10-12-27)30-22-16(2)23(26-15-25-22)31-21-8-7-19(32(3)29)13-20(21)24/h7-8,13,15,18H,4-6,9-12,14H2,1-3H3. The van der Waals surface area contributed by atoms with Gasteiger partial charge in [-0.3, -0.25) is 13.9 Å². The van der Waals surface area contributed by atoms with Crippen molar-refractivity contribution in [3.63, 3.8) is 0 Å². The molecule has 2 heterocycles. The normalized spacial score (nSPS) is 16.0. The van der Waals surface area contributed by atoms with Gasteiger partial charge in [0.25, 0.3) is 0 Å². The van der Waals surface area contributed by atoms with E-state index in [-0.39, 0.29) is 17.7 Å². The molecule has 1 unspecified atom stereocenters. The molecule has 1 atom stereocenters. The average Bonchev–Trinajstić information content (AvgIpc) is 2.77. The topological polar surface area (TPSA) is 81.6 Å². The summed E-state index contributed by atoms with van der Waals surface area (Å²) in [5.74, 6) is 0.287. The molecule has 1 aromatic heterocycles. The maximum atomic E-state index is 14.3. The third-order valence-electron chi connectivity index (χ3n) is 5.46. The maximum absolute atomic E-state index is 14.3. The number of hydrogen-bond acceptors (Lipinski definition) is 7. The van der Waals surface area contributed by atoms with Gasteiger partial charge in [-0.25, -0.2) is 14.4 Å². The van der Waals surface area contributed by atoms with Crippen LogP contribution in [0.2, 0.25) is 0 Å². The van der Waals surface area contributed by atoms with Crippen LogP contribution < -0.4 is 9.47 Å². The van der Waals surface area contributed by atoms with Gasteiger partial charge < -0.3 is 9.47 Å². The molecular weight excluding hydrogens is 433 g/mol. The van der Waals surface area contributed by atoms with E-state index < -0.39 is 16.6 Å². The van der Waals surface area contributed by atoms with Crippen molar-refractivity contribution in [2.45, 2.75) is 57.0 Å². The number of hydrogen-bond donors (Lipinski definition) is 0. The summed E-state index contributed by atoms with van der Waals surface area (Å²) in [6.07, 6.45) is 7.01. The summed E-state index contributed by atoms with van der Waals surface area (Å²) in [5, 5.41) is 0. The van der Waals surface area contributed by atoms with Gasteiger partial charge in [0.05, 0.1) is 12.1 Å². The highest BCUT2D eigenvalue weighted by Gasteiger charge is 2.24. The van der Waals surface area contributed by atoms with Gasteiger partial charge in [0.1, 0.15) is 18.2 Å². The lowest BCUT2D eigenvalue weighted by atomic mass is 10.1. The van der Waals surface area contributed by atoms with E-state index in [2.05, 4.69) is 21.8 Å². The Labute approximate surface area is 190 Å². The molecule has 0 saturated carbocycles. The zero-order chi connectivity index (χ0) is 23.1. The predicted molar refractivity (Wildman–Crippen MR) is 120 cm³/mol. The summed E-state index contributed by atoms with van der Waals surface area (Å²) in [5.41, 5.74) is 0.576. The van der Waals surface area contributed by atoms with Crippen molar-refractivity contribution in [1.82, 2.24) is 14.9 Å². The first kappa shape index (κ1) is 24.3. The van der Waals surface area contributed by atoms with Crippen LogP contribution in [-0.2, 0) is 15.6 Å². The highest BCUT2D eigenvalue weighted by molar-refractivity contribution is 7.84. The van der Waals surface area contributed by atoms with Crippen molar-refractivity contribution in [3.05, 3.63) is 35.9 Å². The summed E-state index contributed by atoms with van der Waals surface area (Å²) in [4.78, 5) is 22.9. The van der Waals surface area contributed by atoms with E-state index in [0.717, 1.165) is 38.8 Å². The zero-order valence-corrected chi connectivity index (χ0v) is 19.6. The Morgan fingerprint density at radius 3 is 2.62 bits per heavy atom. The monoisotopic (exact) mass is 463 g/mol. The summed E-state index contributed by atoms with van der Waals surface area (Å²) >= 11 is 0. The minimum Gasteiger partial charge on any atom is -0.474 e. The van der Waals surface area contributed by atoms with Gasteiger partial charge in [-0.2, -0.15) is 0 Å². The molecule has 1 fully saturated rings. The van der Waals surface area contributed by atoms with Gasteiger partial charge in [0, 0.05) is 41.5 Å². The third kappa shape index (κ3) is 6.56. The first-order valence-corrected chi connectivity index (χ1v) is 12.5. The number of ketones is 1. The van der Waals surface area contributed by atoms with E-state index in [1.165, 1.54) is 24.7 Å². The number of aromatic nitrogens is 2. The van der Waals surface area contributed by atoms with Crippen LogP contribution >= 0.6 is 0 Å². The number of unbranched alkanes of at least 4 members (excludes halogenated alkanes) is 1. The predicted octanol–water partition coefficient (Wildman–Crippen LogP) is 4.06. The van der Waals surface area contributed by atoms with Crippen LogP contribution in [0.25, 0.3) is 0 Å². The Morgan fingerprint density at radius 2 is 1.97 bits per heavy atom. The van der Waals surface area contributed by atoms with Gasteiger partial charge >= 0.3 is 0 Å². The molecule has 9 heteroatoms.